The Bertz CT molecular complexity index is 936. The molecular formula is C24H24N2O3. The second kappa shape index (κ2) is 10.2. The third kappa shape index (κ3) is 6.57. The number of carbonyl (C=O) groups excluding carboxylic acids is 2. The topological polar surface area (TPSA) is 68.3 Å². The number of rotatable bonds is 9. The van der Waals surface area contributed by atoms with E-state index in [9.17, 15) is 9.59 Å². The average molecular weight is 388 g/mol. The lowest BCUT2D eigenvalue weighted by molar-refractivity contribution is -0.121. The first-order valence-electron chi connectivity index (χ1n) is 9.58. The normalized spacial score (nSPS) is 10.4. The quantitative estimate of drug-likeness (QED) is 0.557. The highest BCUT2D eigenvalue weighted by atomic mass is 16.5. The van der Waals surface area contributed by atoms with Crippen LogP contribution in [-0.4, -0.2) is 16.7 Å². The Kier molecular flexibility index (Phi) is 7.11. The van der Waals surface area contributed by atoms with Crippen LogP contribution in [0.1, 0.15) is 40.0 Å². The Balaban J connectivity index is 1.39. The SMILES string of the molecule is Cc1ccc(C(=O)CCC(=O)NCc2ccc(OCc3ccccn3)cc2)cc1. The summed E-state index contributed by atoms with van der Waals surface area (Å²) in [5, 5.41) is 2.85. The van der Waals surface area contributed by atoms with Crippen molar-refractivity contribution in [2.24, 2.45) is 0 Å². The van der Waals surface area contributed by atoms with Crippen molar-refractivity contribution in [1.29, 1.82) is 0 Å². The summed E-state index contributed by atoms with van der Waals surface area (Å²) in [5.41, 5.74) is 3.58. The third-order valence-electron chi connectivity index (χ3n) is 4.48. The van der Waals surface area contributed by atoms with Crippen LogP contribution in [0.2, 0.25) is 0 Å². The Labute approximate surface area is 170 Å². The highest BCUT2D eigenvalue weighted by molar-refractivity contribution is 5.97. The van der Waals surface area contributed by atoms with Gasteiger partial charge < -0.3 is 10.1 Å². The summed E-state index contributed by atoms with van der Waals surface area (Å²) in [4.78, 5) is 28.4. The molecule has 5 nitrogen and oxygen atoms in total. The van der Waals surface area contributed by atoms with Gasteiger partial charge in [-0.25, -0.2) is 0 Å². The van der Waals surface area contributed by atoms with Gasteiger partial charge in [-0.05, 0) is 36.8 Å². The van der Waals surface area contributed by atoms with Crippen LogP contribution in [0.15, 0.2) is 72.9 Å². The number of ether oxygens (including phenoxy) is 1. The number of aromatic nitrogens is 1. The van der Waals surface area contributed by atoms with Gasteiger partial charge in [0.2, 0.25) is 5.91 Å². The van der Waals surface area contributed by atoms with Crippen LogP contribution in [0.4, 0.5) is 0 Å². The minimum Gasteiger partial charge on any atom is -0.487 e. The first-order valence-corrected chi connectivity index (χ1v) is 9.58. The molecule has 0 spiro atoms. The lowest BCUT2D eigenvalue weighted by Gasteiger charge is -2.08. The van der Waals surface area contributed by atoms with Gasteiger partial charge in [-0.2, -0.15) is 0 Å². The lowest BCUT2D eigenvalue weighted by Crippen LogP contribution is -2.23. The number of Topliss-reactive ketones (excluding diaryl/α,β-unsaturated/α-hetero) is 1. The summed E-state index contributed by atoms with van der Waals surface area (Å²) < 4.78 is 5.70. The number of amides is 1. The molecule has 0 fully saturated rings. The van der Waals surface area contributed by atoms with Crippen LogP contribution in [0.25, 0.3) is 0 Å². The van der Waals surface area contributed by atoms with E-state index in [1.807, 2.05) is 61.5 Å². The van der Waals surface area contributed by atoms with Crippen molar-refractivity contribution in [2.45, 2.75) is 32.9 Å². The van der Waals surface area contributed by atoms with Gasteiger partial charge in [0.05, 0.1) is 5.69 Å². The molecule has 3 rings (SSSR count). The molecule has 0 saturated carbocycles. The van der Waals surface area contributed by atoms with Crippen LogP contribution in [-0.2, 0) is 17.9 Å². The number of hydrogen-bond acceptors (Lipinski definition) is 4. The molecule has 0 saturated heterocycles. The summed E-state index contributed by atoms with van der Waals surface area (Å²) in [6.45, 7) is 2.80. The Morgan fingerprint density at radius 2 is 1.69 bits per heavy atom. The van der Waals surface area contributed by atoms with E-state index < -0.39 is 0 Å². The first kappa shape index (κ1) is 20.3. The zero-order valence-electron chi connectivity index (χ0n) is 16.4. The smallest absolute Gasteiger partial charge is 0.220 e. The van der Waals surface area contributed by atoms with Gasteiger partial charge in [0.1, 0.15) is 12.4 Å². The van der Waals surface area contributed by atoms with Gasteiger partial charge >= 0.3 is 0 Å². The molecule has 1 amide bonds. The van der Waals surface area contributed by atoms with E-state index in [0.29, 0.717) is 18.7 Å². The van der Waals surface area contributed by atoms with Gasteiger partial charge in [0.25, 0.3) is 0 Å². The van der Waals surface area contributed by atoms with Gasteiger partial charge in [0, 0.05) is 31.1 Å². The molecule has 1 aromatic heterocycles. The molecule has 0 aliphatic carbocycles. The van der Waals surface area contributed by atoms with Crippen molar-refractivity contribution < 1.29 is 14.3 Å². The second-order valence-electron chi connectivity index (χ2n) is 6.82. The van der Waals surface area contributed by atoms with Crippen LogP contribution < -0.4 is 10.1 Å². The van der Waals surface area contributed by atoms with E-state index in [1.54, 1.807) is 18.3 Å². The number of nitrogens with one attached hydrogen (secondary N) is 1. The highest BCUT2D eigenvalue weighted by Crippen LogP contribution is 2.14. The molecule has 0 radical (unpaired) electrons. The van der Waals surface area contributed by atoms with Gasteiger partial charge in [0.15, 0.2) is 5.78 Å². The van der Waals surface area contributed by atoms with Crippen molar-refractivity contribution >= 4 is 11.7 Å². The van der Waals surface area contributed by atoms with Gasteiger partial charge in [-0.1, -0.05) is 48.0 Å². The molecule has 2 aromatic carbocycles. The fraction of sp³-hybridized carbons (Fsp3) is 0.208. The molecule has 0 aliphatic rings. The molecule has 3 aromatic rings. The fourth-order valence-electron chi connectivity index (χ4n) is 2.74. The minimum absolute atomic E-state index is 0.0189. The largest absolute Gasteiger partial charge is 0.487 e. The van der Waals surface area contributed by atoms with E-state index >= 15 is 0 Å². The zero-order valence-corrected chi connectivity index (χ0v) is 16.4. The van der Waals surface area contributed by atoms with E-state index in [0.717, 1.165) is 22.6 Å². The Hall–Kier alpha value is -3.47. The van der Waals surface area contributed by atoms with E-state index in [4.69, 9.17) is 4.74 Å². The molecule has 1 N–H and O–H groups in total. The maximum Gasteiger partial charge on any atom is 0.220 e. The molecular weight excluding hydrogens is 364 g/mol. The van der Waals surface area contributed by atoms with Crippen LogP contribution in [0.3, 0.4) is 0 Å². The summed E-state index contributed by atoms with van der Waals surface area (Å²) in [5.74, 6) is 0.588. The van der Waals surface area contributed by atoms with Gasteiger partial charge in [-0.3, -0.25) is 14.6 Å². The Morgan fingerprint density at radius 1 is 0.931 bits per heavy atom. The lowest BCUT2D eigenvalue weighted by atomic mass is 10.0. The summed E-state index contributed by atoms with van der Waals surface area (Å²) >= 11 is 0. The molecule has 0 atom stereocenters. The number of carbonyl (C=O) groups is 2. The van der Waals surface area contributed by atoms with E-state index in [-0.39, 0.29) is 24.5 Å². The van der Waals surface area contributed by atoms with E-state index in [1.165, 1.54) is 0 Å². The molecule has 0 aliphatic heterocycles. The third-order valence-corrected chi connectivity index (χ3v) is 4.48. The molecule has 29 heavy (non-hydrogen) atoms. The van der Waals surface area contributed by atoms with E-state index in [2.05, 4.69) is 10.3 Å². The average Bonchev–Trinajstić information content (AvgIpc) is 2.76. The number of ketones is 1. The second-order valence-corrected chi connectivity index (χ2v) is 6.82. The first-order chi connectivity index (χ1) is 14.1. The Morgan fingerprint density at radius 3 is 2.38 bits per heavy atom. The van der Waals surface area contributed by atoms with Crippen molar-refractivity contribution in [3.8, 4) is 5.75 Å². The molecule has 0 bridgehead atoms. The number of pyridine rings is 1. The molecule has 0 unspecified atom stereocenters. The van der Waals surface area contributed by atoms with Crippen LogP contribution >= 0.6 is 0 Å². The number of nitrogens with zero attached hydrogens (tertiary/aromatic N) is 1. The van der Waals surface area contributed by atoms with Crippen LogP contribution in [0.5, 0.6) is 5.75 Å². The standard InChI is InChI=1S/C24H24N2O3/c1-18-5-9-20(10-6-18)23(27)13-14-24(28)26-16-19-7-11-22(12-8-19)29-17-21-4-2-3-15-25-21/h2-12,15H,13-14,16-17H2,1H3,(H,26,28). The van der Waals surface area contributed by atoms with Crippen molar-refractivity contribution in [2.75, 3.05) is 0 Å². The summed E-state index contributed by atoms with van der Waals surface area (Å²) in [6, 6.07) is 20.6. The van der Waals surface area contributed by atoms with Crippen molar-refractivity contribution in [3.05, 3.63) is 95.3 Å². The summed E-state index contributed by atoms with van der Waals surface area (Å²) in [6.07, 6.45) is 2.12. The summed E-state index contributed by atoms with van der Waals surface area (Å²) in [7, 11) is 0. The van der Waals surface area contributed by atoms with Crippen molar-refractivity contribution in [3.63, 3.8) is 0 Å². The number of hydrogen-bond donors (Lipinski definition) is 1. The monoisotopic (exact) mass is 388 g/mol. The van der Waals surface area contributed by atoms with Crippen LogP contribution in [0, 0.1) is 6.92 Å². The van der Waals surface area contributed by atoms with Crippen molar-refractivity contribution in [1.82, 2.24) is 10.3 Å². The number of benzene rings is 2. The predicted octanol–water partition coefficient (Wildman–Crippen LogP) is 4.25. The molecule has 148 valence electrons. The fourth-order valence-corrected chi connectivity index (χ4v) is 2.74. The maximum atomic E-state index is 12.1. The maximum absolute atomic E-state index is 12.1. The molecule has 5 heteroatoms. The molecule has 1 heterocycles. The number of aryl methyl sites for hydroxylation is 1. The predicted molar refractivity (Wildman–Crippen MR) is 112 cm³/mol. The van der Waals surface area contributed by atoms with Gasteiger partial charge in [-0.15, -0.1) is 0 Å². The minimum atomic E-state index is -0.138. The zero-order chi connectivity index (χ0) is 20.5. The highest BCUT2D eigenvalue weighted by Gasteiger charge is 2.09.